The minimum atomic E-state index is -0.678. The van der Waals surface area contributed by atoms with E-state index in [9.17, 15) is 19.2 Å². The molecule has 0 aliphatic carbocycles. The van der Waals surface area contributed by atoms with Crippen LogP contribution in [0.4, 0.5) is 11.4 Å². The molecule has 0 saturated carbocycles. The van der Waals surface area contributed by atoms with E-state index in [1.807, 2.05) is 17.5 Å². The summed E-state index contributed by atoms with van der Waals surface area (Å²) in [6.45, 7) is 0. The van der Waals surface area contributed by atoms with Crippen LogP contribution in [0.5, 0.6) is 0 Å². The lowest BCUT2D eigenvalue weighted by Crippen LogP contribution is -2.31. The first-order valence-corrected chi connectivity index (χ1v) is 14.8. The van der Waals surface area contributed by atoms with Crippen LogP contribution in [0.15, 0.2) is 101 Å². The van der Waals surface area contributed by atoms with Crippen LogP contribution in [0.3, 0.4) is 0 Å². The van der Waals surface area contributed by atoms with Crippen LogP contribution in [0, 0.1) is 0 Å². The molecule has 2 heterocycles. The van der Waals surface area contributed by atoms with Gasteiger partial charge in [0, 0.05) is 32.5 Å². The first kappa shape index (κ1) is 28.6. The van der Waals surface area contributed by atoms with E-state index in [0.717, 1.165) is 9.78 Å². The number of rotatable bonds is 8. The fourth-order valence-electron chi connectivity index (χ4n) is 4.07. The van der Waals surface area contributed by atoms with Crippen molar-refractivity contribution in [1.29, 1.82) is 0 Å². The molecule has 1 aromatic heterocycles. The van der Waals surface area contributed by atoms with Crippen molar-refractivity contribution in [3.8, 4) is 0 Å². The van der Waals surface area contributed by atoms with E-state index < -0.39 is 23.0 Å². The van der Waals surface area contributed by atoms with Gasteiger partial charge in [-0.15, -0.1) is 23.1 Å². The van der Waals surface area contributed by atoms with E-state index in [1.165, 1.54) is 35.2 Å². The zero-order chi connectivity index (χ0) is 28.9. The van der Waals surface area contributed by atoms with E-state index in [1.54, 1.807) is 66.7 Å². The number of halogens is 2. The zero-order valence-corrected chi connectivity index (χ0v) is 24.3. The van der Waals surface area contributed by atoms with Crippen molar-refractivity contribution in [2.24, 2.45) is 0 Å². The average molecular weight is 623 g/mol. The number of carbonyl (C=O) groups excluding carboxylic acids is 4. The number of nitrogens with one attached hydrogen (secondary N) is 2. The maximum Gasteiger partial charge on any atom is 0.272 e. The predicted octanol–water partition coefficient (Wildman–Crippen LogP) is 6.89. The molecule has 1 unspecified atom stereocenters. The second kappa shape index (κ2) is 12.7. The molecular weight excluding hydrogens is 601 g/mol. The van der Waals surface area contributed by atoms with Crippen LogP contribution in [0.25, 0.3) is 6.08 Å². The van der Waals surface area contributed by atoms with Gasteiger partial charge in [0.25, 0.3) is 11.8 Å². The van der Waals surface area contributed by atoms with Crippen LogP contribution in [-0.2, 0) is 14.4 Å². The number of benzene rings is 3. The molecule has 0 spiro atoms. The summed E-state index contributed by atoms with van der Waals surface area (Å²) in [4.78, 5) is 54.5. The van der Waals surface area contributed by atoms with Crippen LogP contribution >= 0.6 is 46.3 Å². The van der Waals surface area contributed by atoms with Crippen LogP contribution in [0.1, 0.15) is 21.7 Å². The van der Waals surface area contributed by atoms with E-state index in [0.29, 0.717) is 21.2 Å². The second-order valence-corrected chi connectivity index (χ2v) is 11.9. The number of amides is 4. The van der Waals surface area contributed by atoms with Gasteiger partial charge in [-0.1, -0.05) is 53.5 Å². The summed E-state index contributed by atoms with van der Waals surface area (Å²) in [6, 6.07) is 23.8. The Balaban J connectivity index is 1.31. The van der Waals surface area contributed by atoms with Gasteiger partial charge < -0.3 is 10.6 Å². The van der Waals surface area contributed by atoms with E-state index in [4.69, 9.17) is 23.2 Å². The van der Waals surface area contributed by atoms with Crippen molar-refractivity contribution < 1.29 is 19.2 Å². The first-order valence-electron chi connectivity index (χ1n) is 12.3. The Morgan fingerprint density at radius 2 is 1.76 bits per heavy atom. The van der Waals surface area contributed by atoms with Gasteiger partial charge in [0.05, 0.1) is 16.0 Å². The Hall–Kier alpha value is -3.89. The van der Waals surface area contributed by atoms with Gasteiger partial charge in [0.1, 0.15) is 5.70 Å². The summed E-state index contributed by atoms with van der Waals surface area (Å²) >= 11 is 14.9. The lowest BCUT2D eigenvalue weighted by molar-refractivity contribution is -0.121. The Labute approximate surface area is 254 Å². The number of thioether (sulfide) groups is 1. The Morgan fingerprint density at radius 1 is 0.951 bits per heavy atom. The molecule has 4 aromatic rings. The third-order valence-corrected chi connectivity index (χ3v) is 8.54. The first-order chi connectivity index (χ1) is 19.8. The highest BCUT2D eigenvalue weighted by molar-refractivity contribution is 8.00. The van der Waals surface area contributed by atoms with E-state index in [2.05, 4.69) is 10.6 Å². The van der Waals surface area contributed by atoms with Crippen LogP contribution in [-0.4, -0.2) is 28.9 Å². The zero-order valence-electron chi connectivity index (χ0n) is 21.2. The number of nitrogens with zero attached hydrogens (tertiary/aromatic N) is 1. The summed E-state index contributed by atoms with van der Waals surface area (Å²) in [6.07, 6.45) is 1.60. The third kappa shape index (κ3) is 6.89. The maximum atomic E-state index is 13.3. The average Bonchev–Trinajstić information content (AvgIpc) is 3.57. The Kier molecular flexibility index (Phi) is 8.90. The van der Waals surface area contributed by atoms with Crippen molar-refractivity contribution >= 4 is 87.4 Å². The van der Waals surface area contributed by atoms with Crippen molar-refractivity contribution in [3.63, 3.8) is 0 Å². The molecule has 11 heteroatoms. The van der Waals surface area contributed by atoms with E-state index in [-0.39, 0.29) is 28.7 Å². The molecule has 1 aliphatic rings. The summed E-state index contributed by atoms with van der Waals surface area (Å²) in [5.74, 6) is -1.71. The Morgan fingerprint density at radius 3 is 2.51 bits per heavy atom. The molecule has 1 saturated heterocycles. The largest absolute Gasteiger partial charge is 0.321 e. The predicted molar refractivity (Wildman–Crippen MR) is 164 cm³/mol. The molecule has 0 bridgehead atoms. The molecule has 3 aromatic carbocycles. The monoisotopic (exact) mass is 621 g/mol. The smallest absolute Gasteiger partial charge is 0.272 e. The minimum Gasteiger partial charge on any atom is -0.321 e. The maximum absolute atomic E-state index is 13.3. The molecule has 5 rings (SSSR count). The van der Waals surface area contributed by atoms with Gasteiger partial charge in [0.15, 0.2) is 0 Å². The van der Waals surface area contributed by atoms with Crippen molar-refractivity contribution in [2.45, 2.75) is 16.6 Å². The van der Waals surface area contributed by atoms with Gasteiger partial charge in [-0.05, 0) is 66.1 Å². The van der Waals surface area contributed by atoms with Crippen molar-refractivity contribution in [3.05, 3.63) is 116 Å². The Bertz CT molecular complexity index is 1660. The standard InChI is InChI=1S/C30H21Cl2N3O4S2/c31-19-11-12-23(32)25(14-19)35-27(36)17-26(30(35)39)41-22-9-4-8-20(15-22)33-29(38)24(16-21-10-5-13-40-21)34-28(37)18-6-2-1-3-7-18/h1-16,26H,17H2,(H,33,38)(H,34,37). The molecule has 0 radical (unpaired) electrons. The lowest BCUT2D eigenvalue weighted by Gasteiger charge is -2.17. The second-order valence-electron chi connectivity index (χ2n) is 8.85. The van der Waals surface area contributed by atoms with Crippen LogP contribution in [0.2, 0.25) is 10.0 Å². The van der Waals surface area contributed by atoms with Gasteiger partial charge in [-0.3, -0.25) is 19.2 Å². The fourth-order valence-corrected chi connectivity index (χ4v) is 6.21. The highest BCUT2D eigenvalue weighted by Crippen LogP contribution is 2.38. The highest BCUT2D eigenvalue weighted by Gasteiger charge is 2.41. The SMILES string of the molecule is O=C(Nc1cccc(SC2CC(=O)N(c3cc(Cl)ccc3Cl)C2=O)c1)C(=Cc1cccs1)NC(=O)c1ccccc1. The molecule has 2 N–H and O–H groups in total. The van der Waals surface area contributed by atoms with E-state index >= 15 is 0 Å². The number of hydrogen-bond donors (Lipinski definition) is 2. The lowest BCUT2D eigenvalue weighted by atomic mass is 10.2. The summed E-state index contributed by atoms with van der Waals surface area (Å²) < 4.78 is 0. The van der Waals surface area contributed by atoms with Crippen LogP contribution < -0.4 is 15.5 Å². The number of anilines is 2. The van der Waals surface area contributed by atoms with Gasteiger partial charge in [0.2, 0.25) is 11.8 Å². The molecule has 7 nitrogen and oxygen atoms in total. The summed E-state index contributed by atoms with van der Waals surface area (Å²) in [5, 5.41) is 7.33. The topological polar surface area (TPSA) is 95.6 Å². The third-order valence-electron chi connectivity index (χ3n) is 5.98. The molecule has 41 heavy (non-hydrogen) atoms. The number of thiophene rings is 1. The quantitative estimate of drug-likeness (QED) is 0.165. The van der Waals surface area contributed by atoms with Gasteiger partial charge in [-0.25, -0.2) is 4.90 Å². The highest BCUT2D eigenvalue weighted by atomic mass is 35.5. The summed E-state index contributed by atoms with van der Waals surface area (Å²) in [7, 11) is 0. The molecule has 1 aliphatic heterocycles. The van der Waals surface area contributed by atoms with Crippen molar-refractivity contribution in [2.75, 3.05) is 10.2 Å². The van der Waals surface area contributed by atoms with Crippen molar-refractivity contribution in [1.82, 2.24) is 5.32 Å². The molecule has 1 atom stereocenters. The number of hydrogen-bond acceptors (Lipinski definition) is 6. The number of imide groups is 1. The fraction of sp³-hybridized carbons (Fsp3) is 0.0667. The molecule has 4 amide bonds. The van der Waals surface area contributed by atoms with Gasteiger partial charge >= 0.3 is 0 Å². The summed E-state index contributed by atoms with van der Waals surface area (Å²) in [5.41, 5.74) is 1.20. The minimum absolute atomic E-state index is 0.0118. The molecule has 1 fully saturated rings. The number of carbonyl (C=O) groups is 4. The van der Waals surface area contributed by atoms with Gasteiger partial charge in [-0.2, -0.15) is 0 Å². The molecular formula is C30H21Cl2N3O4S2. The molecule has 206 valence electrons. The normalized spacial score (nSPS) is 15.2.